The molecule has 0 spiro atoms. The minimum absolute atomic E-state index is 0.706. The Balaban J connectivity index is 1.39. The summed E-state index contributed by atoms with van der Waals surface area (Å²) in [4.78, 5) is 17.0. The summed E-state index contributed by atoms with van der Waals surface area (Å²) in [6.45, 7) is 1.90. The van der Waals surface area contributed by atoms with Gasteiger partial charge in [0.1, 0.15) is 11.6 Å². The molecule has 0 unspecified atom stereocenters. The van der Waals surface area contributed by atoms with Crippen LogP contribution in [0.5, 0.6) is 0 Å². The van der Waals surface area contributed by atoms with E-state index in [0.29, 0.717) is 5.95 Å². The zero-order valence-electron chi connectivity index (χ0n) is 16.4. The Morgan fingerprint density at radius 2 is 1.47 bits per heavy atom. The van der Waals surface area contributed by atoms with Crippen molar-refractivity contribution < 1.29 is 0 Å². The Kier molecular flexibility index (Phi) is 4.57. The van der Waals surface area contributed by atoms with Crippen molar-refractivity contribution in [3.05, 3.63) is 90.8 Å². The number of H-pyrrole nitrogens is 1. The number of aryl methyl sites for hydroxylation is 1. The Hall–Kier alpha value is -4.19. The van der Waals surface area contributed by atoms with Crippen LogP contribution in [-0.4, -0.2) is 19.9 Å². The van der Waals surface area contributed by atoms with Crippen molar-refractivity contribution in [1.29, 1.82) is 0 Å². The highest BCUT2D eigenvalue weighted by Gasteiger charge is 2.06. The maximum absolute atomic E-state index is 4.57. The van der Waals surface area contributed by atoms with Crippen molar-refractivity contribution in [2.45, 2.75) is 6.92 Å². The van der Waals surface area contributed by atoms with E-state index in [-0.39, 0.29) is 0 Å². The second-order valence-corrected chi connectivity index (χ2v) is 6.99. The van der Waals surface area contributed by atoms with Crippen molar-refractivity contribution in [3.8, 4) is 11.3 Å². The van der Waals surface area contributed by atoms with E-state index in [4.69, 9.17) is 0 Å². The van der Waals surface area contributed by atoms with E-state index in [1.54, 1.807) is 0 Å². The van der Waals surface area contributed by atoms with Crippen LogP contribution in [0.2, 0.25) is 0 Å². The second-order valence-electron chi connectivity index (χ2n) is 6.99. The largest absolute Gasteiger partial charge is 0.340 e. The minimum Gasteiger partial charge on any atom is -0.340 e. The van der Waals surface area contributed by atoms with Gasteiger partial charge in [0.15, 0.2) is 0 Å². The molecule has 0 aliphatic carbocycles. The number of hydrogen-bond donors (Lipinski definition) is 3. The predicted molar refractivity (Wildman–Crippen MR) is 121 cm³/mol. The van der Waals surface area contributed by atoms with Crippen LogP contribution in [0, 0.1) is 6.92 Å². The van der Waals surface area contributed by atoms with Gasteiger partial charge in [0, 0.05) is 23.0 Å². The average molecular weight is 392 g/mol. The molecule has 30 heavy (non-hydrogen) atoms. The number of imidazole rings is 1. The van der Waals surface area contributed by atoms with Crippen LogP contribution in [0.15, 0.2) is 84.9 Å². The number of aromatic nitrogens is 4. The van der Waals surface area contributed by atoms with Gasteiger partial charge in [-0.2, -0.15) is 0 Å². The van der Waals surface area contributed by atoms with Gasteiger partial charge in [-0.1, -0.05) is 48.5 Å². The van der Waals surface area contributed by atoms with E-state index < -0.39 is 0 Å². The molecular formula is C24H20N6. The second kappa shape index (κ2) is 7.67. The molecule has 146 valence electrons. The number of nitrogens with one attached hydrogen (secondary N) is 3. The number of hydrogen-bond acceptors (Lipinski definition) is 5. The summed E-state index contributed by atoms with van der Waals surface area (Å²) >= 11 is 0. The topological polar surface area (TPSA) is 78.5 Å². The third-order valence-corrected chi connectivity index (χ3v) is 4.69. The fourth-order valence-electron chi connectivity index (χ4n) is 3.36. The number of aromatic amines is 1. The maximum Gasteiger partial charge on any atom is 0.205 e. The zero-order chi connectivity index (χ0) is 20.3. The first-order valence-corrected chi connectivity index (χ1v) is 9.73. The third-order valence-electron chi connectivity index (χ3n) is 4.69. The Morgan fingerprint density at radius 1 is 0.700 bits per heavy atom. The normalized spacial score (nSPS) is 10.8. The number of rotatable bonds is 5. The fraction of sp³-hybridized carbons (Fsp3) is 0.0417. The molecule has 0 aliphatic heterocycles. The first kappa shape index (κ1) is 17.9. The molecule has 2 aromatic heterocycles. The van der Waals surface area contributed by atoms with Gasteiger partial charge in [0.05, 0.1) is 16.7 Å². The first-order chi connectivity index (χ1) is 14.7. The number of anilines is 4. The smallest absolute Gasteiger partial charge is 0.205 e. The molecule has 0 saturated carbocycles. The van der Waals surface area contributed by atoms with Crippen LogP contribution < -0.4 is 10.6 Å². The molecule has 5 rings (SSSR count). The quantitative estimate of drug-likeness (QED) is 0.351. The van der Waals surface area contributed by atoms with Crippen LogP contribution in [0.3, 0.4) is 0 Å². The lowest BCUT2D eigenvalue weighted by Gasteiger charge is -2.10. The van der Waals surface area contributed by atoms with Crippen LogP contribution >= 0.6 is 0 Å². The summed E-state index contributed by atoms with van der Waals surface area (Å²) < 4.78 is 0. The molecule has 0 bridgehead atoms. The summed E-state index contributed by atoms with van der Waals surface area (Å²) in [5, 5.41) is 6.71. The Morgan fingerprint density at radius 3 is 2.30 bits per heavy atom. The van der Waals surface area contributed by atoms with E-state index in [9.17, 15) is 0 Å². The van der Waals surface area contributed by atoms with Crippen LogP contribution in [0.1, 0.15) is 5.82 Å². The van der Waals surface area contributed by atoms with E-state index in [1.165, 1.54) is 0 Å². The van der Waals surface area contributed by atoms with Crippen molar-refractivity contribution in [2.24, 2.45) is 0 Å². The molecule has 0 saturated heterocycles. The van der Waals surface area contributed by atoms with Crippen LogP contribution in [-0.2, 0) is 0 Å². The van der Waals surface area contributed by atoms with Crippen molar-refractivity contribution >= 4 is 34.2 Å². The maximum atomic E-state index is 4.57. The van der Waals surface area contributed by atoms with Gasteiger partial charge in [0.25, 0.3) is 0 Å². The Bertz CT molecular complexity index is 1280. The molecule has 3 N–H and O–H groups in total. The number of nitrogens with zero attached hydrogens (tertiary/aromatic N) is 3. The Labute approximate surface area is 174 Å². The minimum atomic E-state index is 0.706. The van der Waals surface area contributed by atoms with Gasteiger partial charge in [-0.05, 0) is 37.3 Å². The molecule has 0 radical (unpaired) electrons. The molecule has 3 aromatic carbocycles. The van der Waals surface area contributed by atoms with Gasteiger partial charge in [0.2, 0.25) is 5.95 Å². The fourth-order valence-corrected chi connectivity index (χ4v) is 3.36. The van der Waals surface area contributed by atoms with Gasteiger partial charge in [-0.25, -0.2) is 15.0 Å². The molecule has 6 heteroatoms. The summed E-state index contributed by atoms with van der Waals surface area (Å²) in [7, 11) is 0. The van der Waals surface area contributed by atoms with Gasteiger partial charge >= 0.3 is 0 Å². The summed E-state index contributed by atoms with van der Waals surface area (Å²) in [6.07, 6.45) is 0. The molecule has 5 aromatic rings. The predicted octanol–water partition coefficient (Wildman–Crippen LogP) is 5.82. The van der Waals surface area contributed by atoms with Crippen molar-refractivity contribution in [3.63, 3.8) is 0 Å². The lowest BCUT2D eigenvalue weighted by molar-refractivity contribution is 1.06. The summed E-state index contributed by atoms with van der Waals surface area (Å²) in [6, 6.07) is 28.0. The highest BCUT2D eigenvalue weighted by Crippen LogP contribution is 2.25. The summed E-state index contributed by atoms with van der Waals surface area (Å²) in [5.41, 5.74) is 5.73. The van der Waals surface area contributed by atoms with E-state index in [2.05, 4.69) is 30.6 Å². The lowest BCUT2D eigenvalue weighted by atomic mass is 10.1. The SMILES string of the molecule is Cc1nc(Nc2cccc(Nc3nc4ccccc4[nH]3)c2)cc(-c2ccccc2)n1. The molecule has 0 atom stereocenters. The monoisotopic (exact) mass is 392 g/mol. The zero-order valence-corrected chi connectivity index (χ0v) is 16.4. The summed E-state index contributed by atoms with van der Waals surface area (Å²) in [5.74, 6) is 2.18. The van der Waals surface area contributed by atoms with E-state index in [0.717, 1.165) is 45.3 Å². The molecule has 0 amide bonds. The van der Waals surface area contributed by atoms with Gasteiger partial charge < -0.3 is 15.6 Å². The molecule has 6 nitrogen and oxygen atoms in total. The highest BCUT2D eigenvalue weighted by atomic mass is 15.1. The van der Waals surface area contributed by atoms with Crippen molar-refractivity contribution in [2.75, 3.05) is 10.6 Å². The molecule has 2 heterocycles. The highest BCUT2D eigenvalue weighted by molar-refractivity contribution is 5.78. The number of fused-ring (bicyclic) bond motifs is 1. The van der Waals surface area contributed by atoms with E-state index >= 15 is 0 Å². The van der Waals surface area contributed by atoms with Gasteiger partial charge in [-0.3, -0.25) is 0 Å². The third kappa shape index (κ3) is 3.84. The molecular weight excluding hydrogens is 372 g/mol. The van der Waals surface area contributed by atoms with E-state index in [1.807, 2.05) is 91.9 Å². The van der Waals surface area contributed by atoms with Gasteiger partial charge in [-0.15, -0.1) is 0 Å². The number of benzene rings is 3. The van der Waals surface area contributed by atoms with Crippen LogP contribution in [0.4, 0.5) is 23.1 Å². The standard InChI is InChI=1S/C24H20N6/c1-16-25-22(17-8-3-2-4-9-17)15-23(26-16)27-18-10-7-11-19(14-18)28-24-29-20-12-5-6-13-21(20)30-24/h2-15H,1H3,(H,25,26,27)(H2,28,29,30). The molecule has 0 fully saturated rings. The molecule has 0 aliphatic rings. The van der Waals surface area contributed by atoms with Crippen LogP contribution in [0.25, 0.3) is 22.3 Å². The average Bonchev–Trinajstić information content (AvgIpc) is 3.16. The number of para-hydroxylation sites is 2. The lowest BCUT2D eigenvalue weighted by Crippen LogP contribution is -1.99. The first-order valence-electron chi connectivity index (χ1n) is 9.73. The van der Waals surface area contributed by atoms with Crippen molar-refractivity contribution in [1.82, 2.24) is 19.9 Å².